The minimum absolute atomic E-state index is 0.140. The van der Waals surface area contributed by atoms with E-state index in [9.17, 15) is 14.7 Å². The largest absolute Gasteiger partial charge is 0.508 e. The van der Waals surface area contributed by atoms with Gasteiger partial charge in [0.1, 0.15) is 11.5 Å². The van der Waals surface area contributed by atoms with E-state index in [4.69, 9.17) is 14.2 Å². The molecule has 6 heteroatoms. The molecule has 0 spiro atoms. The number of phenolic OH excluding ortho intramolecular Hbond substituents is 1. The average molecular weight is 477 g/mol. The molecule has 6 nitrogen and oxygen atoms in total. The number of methoxy groups -OCH3 is 1. The van der Waals surface area contributed by atoms with Crippen LogP contribution in [0.4, 0.5) is 0 Å². The van der Waals surface area contributed by atoms with Gasteiger partial charge in [-0.2, -0.15) is 0 Å². The van der Waals surface area contributed by atoms with Crippen molar-refractivity contribution in [2.45, 2.75) is 48.0 Å². The molecule has 0 aliphatic heterocycles. The van der Waals surface area contributed by atoms with Crippen molar-refractivity contribution in [2.24, 2.45) is 0 Å². The summed E-state index contributed by atoms with van der Waals surface area (Å²) in [4.78, 5) is 26.5. The van der Waals surface area contributed by atoms with Gasteiger partial charge in [-0.15, -0.1) is 0 Å². The Hall–Kier alpha value is -3.64. The maximum Gasteiger partial charge on any atom is 0.344 e. The lowest BCUT2D eigenvalue weighted by Crippen LogP contribution is -2.18. The van der Waals surface area contributed by atoms with E-state index in [1.807, 2.05) is 51.1 Å². The maximum atomic E-state index is 13.5. The molecule has 0 heterocycles. The fraction of sp³-hybridized carbons (Fsp3) is 0.310. The molecule has 184 valence electrons. The van der Waals surface area contributed by atoms with Crippen LogP contribution in [0.15, 0.2) is 36.4 Å². The van der Waals surface area contributed by atoms with Crippen molar-refractivity contribution in [3.8, 4) is 22.6 Å². The zero-order valence-electron chi connectivity index (χ0n) is 21.4. The Morgan fingerprint density at radius 1 is 0.857 bits per heavy atom. The van der Waals surface area contributed by atoms with E-state index < -0.39 is 11.9 Å². The predicted octanol–water partition coefficient (Wildman–Crippen LogP) is 6.14. The lowest BCUT2D eigenvalue weighted by Gasteiger charge is -2.23. The second-order valence-electron chi connectivity index (χ2n) is 8.59. The Morgan fingerprint density at radius 2 is 1.51 bits per heavy atom. The van der Waals surface area contributed by atoms with E-state index in [0.29, 0.717) is 56.7 Å². The third-order valence-corrected chi connectivity index (χ3v) is 6.47. The highest BCUT2D eigenvalue weighted by Crippen LogP contribution is 2.42. The van der Waals surface area contributed by atoms with Crippen LogP contribution in [0.25, 0.3) is 11.1 Å². The van der Waals surface area contributed by atoms with Crippen LogP contribution >= 0.6 is 0 Å². The summed E-state index contributed by atoms with van der Waals surface area (Å²) in [5.74, 6) is -0.441. The number of benzene rings is 3. The van der Waals surface area contributed by atoms with Crippen LogP contribution in [0.3, 0.4) is 0 Å². The van der Waals surface area contributed by atoms with Crippen molar-refractivity contribution in [1.29, 1.82) is 0 Å². The van der Waals surface area contributed by atoms with Crippen molar-refractivity contribution >= 4 is 11.9 Å². The first-order chi connectivity index (χ1) is 16.6. The quantitative estimate of drug-likeness (QED) is 0.250. The highest BCUT2D eigenvalue weighted by Gasteiger charge is 2.28. The molecule has 3 aromatic rings. The highest BCUT2D eigenvalue weighted by atomic mass is 16.7. The Balaban J connectivity index is 2.27. The monoisotopic (exact) mass is 476 g/mol. The van der Waals surface area contributed by atoms with Gasteiger partial charge in [0.15, 0.2) is 6.79 Å². The number of carbonyl (C=O) groups excluding carboxylic acids is 2. The van der Waals surface area contributed by atoms with Crippen LogP contribution in [0.2, 0.25) is 0 Å². The van der Waals surface area contributed by atoms with Gasteiger partial charge in [0.2, 0.25) is 0 Å². The molecular weight excluding hydrogens is 444 g/mol. The molecule has 0 saturated carbocycles. The van der Waals surface area contributed by atoms with Gasteiger partial charge in [0, 0.05) is 12.7 Å². The van der Waals surface area contributed by atoms with Crippen LogP contribution in [-0.4, -0.2) is 30.9 Å². The van der Waals surface area contributed by atoms with Gasteiger partial charge in [0.05, 0.1) is 11.1 Å². The van der Waals surface area contributed by atoms with Crippen LogP contribution in [0, 0.1) is 34.6 Å². The van der Waals surface area contributed by atoms with Crippen molar-refractivity contribution < 1.29 is 28.9 Å². The number of aryl methyl sites for hydroxylation is 1. The third-order valence-electron chi connectivity index (χ3n) is 6.47. The topological polar surface area (TPSA) is 82.1 Å². The molecule has 0 unspecified atom stereocenters. The molecular formula is C29H32O6. The molecule has 0 fully saturated rings. The van der Waals surface area contributed by atoms with Crippen molar-refractivity contribution in [1.82, 2.24) is 0 Å². The van der Waals surface area contributed by atoms with Gasteiger partial charge in [0.25, 0.3) is 0 Å². The third kappa shape index (κ3) is 4.93. The van der Waals surface area contributed by atoms with Crippen LogP contribution in [-0.2, 0) is 15.9 Å². The van der Waals surface area contributed by atoms with Gasteiger partial charge in [-0.25, -0.2) is 9.59 Å². The van der Waals surface area contributed by atoms with E-state index in [0.717, 1.165) is 11.1 Å². The Labute approximate surface area is 206 Å². The standard InChI is InChI=1S/C29H32O6/c1-8-22-19(5)25(28(31)34-15-33-7)20(6)26(21-12-10-9-11-13-21)27(22)35-29(32)24-16(2)14-23(30)17(3)18(24)4/h9-14,30H,8,15H2,1-7H3. The number of carbonyl (C=O) groups is 2. The molecule has 0 aliphatic carbocycles. The number of hydrogen-bond donors (Lipinski definition) is 1. The second kappa shape index (κ2) is 10.7. The number of aromatic hydroxyl groups is 1. The summed E-state index contributed by atoms with van der Waals surface area (Å²) in [6, 6.07) is 11.1. The summed E-state index contributed by atoms with van der Waals surface area (Å²) >= 11 is 0. The van der Waals surface area contributed by atoms with Crippen LogP contribution in [0.1, 0.15) is 61.0 Å². The average Bonchev–Trinajstić information content (AvgIpc) is 2.82. The molecule has 0 bridgehead atoms. The first-order valence-corrected chi connectivity index (χ1v) is 11.5. The van der Waals surface area contributed by atoms with Gasteiger partial charge in [-0.1, -0.05) is 37.3 Å². The second-order valence-corrected chi connectivity index (χ2v) is 8.59. The smallest absolute Gasteiger partial charge is 0.344 e. The minimum Gasteiger partial charge on any atom is -0.508 e. The zero-order chi connectivity index (χ0) is 25.9. The zero-order valence-corrected chi connectivity index (χ0v) is 21.4. The number of esters is 2. The molecule has 35 heavy (non-hydrogen) atoms. The van der Waals surface area contributed by atoms with Crippen LogP contribution in [0.5, 0.6) is 11.5 Å². The van der Waals surface area contributed by atoms with Gasteiger partial charge >= 0.3 is 11.9 Å². The number of rotatable bonds is 7. The maximum absolute atomic E-state index is 13.5. The Morgan fingerprint density at radius 3 is 2.11 bits per heavy atom. The van der Waals surface area contributed by atoms with Gasteiger partial charge < -0.3 is 19.3 Å². The summed E-state index contributed by atoms with van der Waals surface area (Å²) in [6.45, 7) is 10.8. The van der Waals surface area contributed by atoms with E-state index >= 15 is 0 Å². The molecule has 0 radical (unpaired) electrons. The van der Waals surface area contributed by atoms with E-state index in [-0.39, 0.29) is 12.5 Å². The Kier molecular flexibility index (Phi) is 7.97. The summed E-state index contributed by atoms with van der Waals surface area (Å²) < 4.78 is 16.3. The fourth-order valence-electron chi connectivity index (χ4n) is 4.55. The van der Waals surface area contributed by atoms with Crippen LogP contribution < -0.4 is 4.74 Å². The summed E-state index contributed by atoms with van der Waals surface area (Å²) in [7, 11) is 1.46. The SMILES string of the molecule is CCc1c(C)c(C(=O)OCOC)c(C)c(-c2ccccc2)c1OC(=O)c1c(C)cc(O)c(C)c1C. The van der Waals surface area contributed by atoms with Gasteiger partial charge in [-0.05, 0) is 86.1 Å². The highest BCUT2D eigenvalue weighted by molar-refractivity contribution is 6.00. The molecule has 3 aromatic carbocycles. The molecule has 3 rings (SSSR count). The first kappa shape index (κ1) is 26.0. The first-order valence-electron chi connectivity index (χ1n) is 11.5. The molecule has 0 amide bonds. The molecule has 0 saturated heterocycles. The molecule has 1 N–H and O–H groups in total. The lowest BCUT2D eigenvalue weighted by atomic mass is 9.87. The number of phenols is 1. The molecule has 0 atom stereocenters. The molecule has 0 aliphatic rings. The fourth-order valence-corrected chi connectivity index (χ4v) is 4.55. The van der Waals surface area contributed by atoms with Crippen molar-refractivity contribution in [2.75, 3.05) is 13.9 Å². The van der Waals surface area contributed by atoms with Crippen molar-refractivity contribution in [3.63, 3.8) is 0 Å². The normalized spacial score (nSPS) is 10.8. The summed E-state index contributed by atoms with van der Waals surface area (Å²) in [6.07, 6.45) is 0.533. The van der Waals surface area contributed by atoms with E-state index in [2.05, 4.69) is 0 Å². The lowest BCUT2D eigenvalue weighted by molar-refractivity contribution is -0.0126. The summed E-state index contributed by atoms with van der Waals surface area (Å²) in [5.41, 5.74) is 6.36. The van der Waals surface area contributed by atoms with Gasteiger partial charge in [-0.3, -0.25) is 0 Å². The minimum atomic E-state index is -0.511. The Bertz CT molecular complexity index is 1270. The van der Waals surface area contributed by atoms with E-state index in [1.54, 1.807) is 26.8 Å². The molecule has 0 aromatic heterocycles. The van der Waals surface area contributed by atoms with Crippen molar-refractivity contribution in [3.05, 3.63) is 80.9 Å². The van der Waals surface area contributed by atoms with E-state index in [1.165, 1.54) is 7.11 Å². The predicted molar refractivity (Wildman–Crippen MR) is 135 cm³/mol. The number of ether oxygens (including phenoxy) is 3. The number of hydrogen-bond acceptors (Lipinski definition) is 6. The summed E-state index contributed by atoms with van der Waals surface area (Å²) in [5, 5.41) is 10.2.